The van der Waals surface area contributed by atoms with Crippen LogP contribution in [0.2, 0.25) is 5.28 Å². The van der Waals surface area contributed by atoms with E-state index in [1.807, 2.05) is 24.3 Å². The molecule has 4 nitrogen and oxygen atoms in total. The monoisotopic (exact) mass is 262 g/mol. The molecule has 0 atom stereocenters. The van der Waals surface area contributed by atoms with Crippen LogP contribution in [0.1, 0.15) is 24.7 Å². The normalized spacial score (nSPS) is 10.3. The van der Waals surface area contributed by atoms with E-state index in [9.17, 15) is 0 Å². The molecule has 18 heavy (non-hydrogen) atoms. The summed E-state index contributed by atoms with van der Waals surface area (Å²) >= 11 is 5.89. The Bertz CT molecular complexity index is 502. The first-order valence-corrected chi connectivity index (χ1v) is 6.33. The molecule has 0 aliphatic heterocycles. The number of halogens is 1. The second-order valence-corrected chi connectivity index (χ2v) is 4.28. The number of rotatable bonds is 5. The highest BCUT2D eigenvalue weighted by molar-refractivity contribution is 6.28. The highest BCUT2D eigenvalue weighted by Crippen LogP contribution is 2.12. The quantitative estimate of drug-likeness (QED) is 0.842. The summed E-state index contributed by atoms with van der Waals surface area (Å²) in [6.07, 6.45) is 3.71. The Morgan fingerprint density at radius 1 is 1.22 bits per heavy atom. The van der Waals surface area contributed by atoms with Crippen LogP contribution in [0.4, 0.5) is 5.82 Å². The maximum Gasteiger partial charge on any atom is 0.224 e. The van der Waals surface area contributed by atoms with Crippen molar-refractivity contribution in [3.8, 4) is 0 Å². The molecule has 2 heterocycles. The van der Waals surface area contributed by atoms with Crippen molar-refractivity contribution in [2.75, 3.05) is 5.32 Å². The SMILES string of the molecule is CCCc1cc(NCc2ccccn2)nc(Cl)n1. The molecule has 0 unspecified atom stereocenters. The molecule has 0 aromatic carbocycles. The molecule has 2 aromatic heterocycles. The molecule has 0 aliphatic carbocycles. The molecule has 94 valence electrons. The lowest BCUT2D eigenvalue weighted by molar-refractivity contribution is 0.871. The van der Waals surface area contributed by atoms with Crippen LogP contribution in [0.15, 0.2) is 30.5 Å². The van der Waals surface area contributed by atoms with Crippen LogP contribution < -0.4 is 5.32 Å². The molecule has 0 radical (unpaired) electrons. The molecule has 1 N–H and O–H groups in total. The van der Waals surface area contributed by atoms with E-state index in [4.69, 9.17) is 11.6 Å². The first kappa shape index (κ1) is 12.8. The number of hydrogen-bond donors (Lipinski definition) is 1. The number of aryl methyl sites for hydroxylation is 1. The minimum atomic E-state index is 0.282. The summed E-state index contributed by atoms with van der Waals surface area (Å²) in [4.78, 5) is 12.6. The summed E-state index contributed by atoms with van der Waals surface area (Å²) in [5.41, 5.74) is 1.92. The van der Waals surface area contributed by atoms with Gasteiger partial charge in [-0.2, -0.15) is 0 Å². The highest BCUT2D eigenvalue weighted by atomic mass is 35.5. The standard InChI is InChI=1S/C13H15ClN4/c1-2-5-10-8-12(18-13(14)17-10)16-9-11-6-3-4-7-15-11/h3-4,6-8H,2,5,9H2,1H3,(H,16,17,18). The van der Waals surface area contributed by atoms with E-state index in [1.54, 1.807) is 6.20 Å². The Balaban J connectivity index is 2.05. The van der Waals surface area contributed by atoms with Gasteiger partial charge in [0.25, 0.3) is 0 Å². The summed E-state index contributed by atoms with van der Waals surface area (Å²) < 4.78 is 0. The molecule has 2 aromatic rings. The van der Waals surface area contributed by atoms with E-state index < -0.39 is 0 Å². The Labute approximate surface area is 111 Å². The lowest BCUT2D eigenvalue weighted by atomic mass is 10.2. The maximum absolute atomic E-state index is 5.89. The molecule has 0 bridgehead atoms. The van der Waals surface area contributed by atoms with Crippen molar-refractivity contribution in [2.45, 2.75) is 26.3 Å². The van der Waals surface area contributed by atoms with Crippen LogP contribution in [-0.4, -0.2) is 15.0 Å². The fourth-order valence-electron chi connectivity index (χ4n) is 1.62. The average molecular weight is 263 g/mol. The number of aromatic nitrogens is 3. The molecule has 0 fully saturated rings. The Kier molecular flexibility index (Phi) is 4.47. The van der Waals surface area contributed by atoms with Crippen molar-refractivity contribution in [2.24, 2.45) is 0 Å². The summed E-state index contributed by atoms with van der Waals surface area (Å²) in [7, 11) is 0. The Hall–Kier alpha value is -1.68. The number of nitrogens with one attached hydrogen (secondary N) is 1. The molecule has 0 amide bonds. The zero-order valence-electron chi connectivity index (χ0n) is 10.2. The summed E-state index contributed by atoms with van der Waals surface area (Å²) in [6, 6.07) is 7.74. The van der Waals surface area contributed by atoms with Crippen molar-refractivity contribution >= 4 is 17.4 Å². The summed E-state index contributed by atoms with van der Waals surface area (Å²) in [6.45, 7) is 2.73. The summed E-state index contributed by atoms with van der Waals surface area (Å²) in [5, 5.41) is 3.48. The minimum Gasteiger partial charge on any atom is -0.364 e. The van der Waals surface area contributed by atoms with Crippen molar-refractivity contribution in [3.05, 3.63) is 47.1 Å². The van der Waals surface area contributed by atoms with E-state index in [0.29, 0.717) is 6.54 Å². The largest absolute Gasteiger partial charge is 0.364 e. The van der Waals surface area contributed by atoms with E-state index in [0.717, 1.165) is 30.0 Å². The second-order valence-electron chi connectivity index (χ2n) is 3.94. The predicted octanol–water partition coefficient (Wildman–Crippen LogP) is 3.09. The van der Waals surface area contributed by atoms with Gasteiger partial charge in [0.1, 0.15) is 5.82 Å². The topological polar surface area (TPSA) is 50.7 Å². The third-order valence-electron chi connectivity index (χ3n) is 2.43. The Morgan fingerprint density at radius 2 is 2.11 bits per heavy atom. The van der Waals surface area contributed by atoms with Crippen LogP contribution in [0.25, 0.3) is 0 Å². The van der Waals surface area contributed by atoms with E-state index >= 15 is 0 Å². The molecule has 2 rings (SSSR count). The summed E-state index contributed by atoms with van der Waals surface area (Å²) in [5.74, 6) is 0.740. The zero-order valence-corrected chi connectivity index (χ0v) is 11.0. The first-order chi connectivity index (χ1) is 8.78. The highest BCUT2D eigenvalue weighted by Gasteiger charge is 2.02. The molecule has 0 spiro atoms. The van der Waals surface area contributed by atoms with E-state index in [-0.39, 0.29) is 5.28 Å². The van der Waals surface area contributed by atoms with Gasteiger partial charge in [0.2, 0.25) is 5.28 Å². The van der Waals surface area contributed by atoms with Crippen LogP contribution in [0, 0.1) is 0 Å². The van der Waals surface area contributed by atoms with Crippen LogP contribution in [0.5, 0.6) is 0 Å². The van der Waals surface area contributed by atoms with Crippen LogP contribution in [-0.2, 0) is 13.0 Å². The van der Waals surface area contributed by atoms with Gasteiger partial charge in [-0.1, -0.05) is 19.4 Å². The van der Waals surface area contributed by atoms with E-state index in [2.05, 4.69) is 27.2 Å². The van der Waals surface area contributed by atoms with Crippen molar-refractivity contribution in [1.82, 2.24) is 15.0 Å². The minimum absolute atomic E-state index is 0.282. The van der Waals surface area contributed by atoms with Crippen molar-refractivity contribution in [1.29, 1.82) is 0 Å². The van der Waals surface area contributed by atoms with Gasteiger partial charge >= 0.3 is 0 Å². The Morgan fingerprint density at radius 3 is 2.83 bits per heavy atom. The number of anilines is 1. The number of hydrogen-bond acceptors (Lipinski definition) is 4. The van der Waals surface area contributed by atoms with Gasteiger partial charge in [-0.15, -0.1) is 0 Å². The second kappa shape index (κ2) is 6.31. The zero-order chi connectivity index (χ0) is 12.8. The van der Waals surface area contributed by atoms with E-state index in [1.165, 1.54) is 0 Å². The number of nitrogens with zero attached hydrogens (tertiary/aromatic N) is 3. The third-order valence-corrected chi connectivity index (χ3v) is 2.60. The van der Waals surface area contributed by atoms with Gasteiger partial charge in [-0.05, 0) is 30.2 Å². The third kappa shape index (κ3) is 3.67. The van der Waals surface area contributed by atoms with Crippen molar-refractivity contribution < 1.29 is 0 Å². The van der Waals surface area contributed by atoms with Gasteiger partial charge in [-0.25, -0.2) is 9.97 Å². The fraction of sp³-hybridized carbons (Fsp3) is 0.308. The van der Waals surface area contributed by atoms with Gasteiger partial charge < -0.3 is 5.32 Å². The lowest BCUT2D eigenvalue weighted by Crippen LogP contribution is -2.05. The van der Waals surface area contributed by atoms with Gasteiger partial charge in [0.15, 0.2) is 0 Å². The van der Waals surface area contributed by atoms with Gasteiger partial charge in [0.05, 0.1) is 12.2 Å². The molecular weight excluding hydrogens is 248 g/mol. The molecule has 0 saturated heterocycles. The smallest absolute Gasteiger partial charge is 0.224 e. The lowest BCUT2D eigenvalue weighted by Gasteiger charge is -2.07. The maximum atomic E-state index is 5.89. The van der Waals surface area contributed by atoms with Gasteiger partial charge in [0, 0.05) is 18.0 Å². The first-order valence-electron chi connectivity index (χ1n) is 5.95. The molecule has 0 aliphatic rings. The molecule has 5 heteroatoms. The van der Waals surface area contributed by atoms with Crippen LogP contribution >= 0.6 is 11.6 Å². The van der Waals surface area contributed by atoms with Crippen molar-refractivity contribution in [3.63, 3.8) is 0 Å². The number of pyridine rings is 1. The van der Waals surface area contributed by atoms with Crippen LogP contribution in [0.3, 0.4) is 0 Å². The molecular formula is C13H15ClN4. The predicted molar refractivity (Wildman–Crippen MR) is 72.6 cm³/mol. The fourth-order valence-corrected chi connectivity index (χ4v) is 1.82. The average Bonchev–Trinajstić information content (AvgIpc) is 2.37. The molecule has 0 saturated carbocycles. The van der Waals surface area contributed by atoms with Gasteiger partial charge in [-0.3, -0.25) is 4.98 Å².